The minimum Gasteiger partial charge on any atom is -0.481 e. The normalized spacial score (nSPS) is 42.5. The molecule has 0 heterocycles. The average molecular weight is 426 g/mol. The third-order valence-electron chi connectivity index (χ3n) is 9.15. The molecule has 31 heavy (non-hydrogen) atoms. The fourth-order valence-electron chi connectivity index (χ4n) is 7.78. The summed E-state index contributed by atoms with van der Waals surface area (Å²) in [5, 5.41) is 33.7. The van der Waals surface area contributed by atoms with Gasteiger partial charge in [0, 0.05) is 17.8 Å². The molecule has 4 aliphatic rings. The SMILES string of the molecule is C=C(CCC(=O)O)[C@]1(O)CC[C@H]2[C@@H]3CCC4=CC(=NO)CC[C@@H]4[C@H]3[C@@H](C#CC)C[C@@]21C. The van der Waals surface area contributed by atoms with Crippen LogP contribution in [0.1, 0.15) is 71.6 Å². The van der Waals surface area contributed by atoms with Gasteiger partial charge in [0.1, 0.15) is 0 Å². The van der Waals surface area contributed by atoms with Gasteiger partial charge in [-0.05, 0) is 93.6 Å². The van der Waals surface area contributed by atoms with Crippen LogP contribution in [0.5, 0.6) is 0 Å². The number of hydrogen-bond donors (Lipinski definition) is 3. The van der Waals surface area contributed by atoms with Crippen molar-refractivity contribution in [2.45, 2.75) is 77.2 Å². The molecule has 0 unspecified atom stereocenters. The minimum absolute atomic E-state index is 0.0110. The zero-order chi connectivity index (χ0) is 22.4. The third-order valence-corrected chi connectivity index (χ3v) is 9.15. The Morgan fingerprint density at radius 3 is 2.74 bits per heavy atom. The molecular weight excluding hydrogens is 390 g/mol. The fraction of sp³-hybridized carbons (Fsp3) is 0.692. The van der Waals surface area contributed by atoms with Crippen LogP contribution in [0.3, 0.4) is 0 Å². The molecule has 0 saturated heterocycles. The second-order valence-corrected chi connectivity index (χ2v) is 10.4. The van der Waals surface area contributed by atoms with Gasteiger partial charge >= 0.3 is 5.97 Å². The van der Waals surface area contributed by atoms with Gasteiger partial charge in [-0.15, -0.1) is 5.92 Å². The van der Waals surface area contributed by atoms with Crippen molar-refractivity contribution in [3.63, 3.8) is 0 Å². The number of nitrogens with zero attached hydrogens (tertiary/aromatic N) is 1. The molecule has 0 aromatic rings. The number of carboxylic acids is 1. The van der Waals surface area contributed by atoms with Crippen LogP contribution in [-0.4, -0.2) is 32.7 Å². The van der Waals surface area contributed by atoms with E-state index in [9.17, 15) is 15.1 Å². The Morgan fingerprint density at radius 2 is 2.06 bits per heavy atom. The monoisotopic (exact) mass is 425 g/mol. The van der Waals surface area contributed by atoms with Crippen molar-refractivity contribution < 1.29 is 20.2 Å². The van der Waals surface area contributed by atoms with E-state index in [0.29, 0.717) is 42.1 Å². The first-order valence-electron chi connectivity index (χ1n) is 11.7. The van der Waals surface area contributed by atoms with Crippen LogP contribution < -0.4 is 0 Å². The lowest BCUT2D eigenvalue weighted by molar-refractivity contribution is -0.137. The molecule has 0 bridgehead atoms. The van der Waals surface area contributed by atoms with Crippen molar-refractivity contribution >= 4 is 11.7 Å². The Labute approximate surface area is 185 Å². The predicted octanol–water partition coefficient (Wildman–Crippen LogP) is 4.79. The van der Waals surface area contributed by atoms with E-state index in [-0.39, 0.29) is 17.8 Å². The number of allylic oxidation sites excluding steroid dienone is 2. The van der Waals surface area contributed by atoms with E-state index in [1.807, 2.05) is 6.92 Å². The van der Waals surface area contributed by atoms with Crippen LogP contribution in [0.25, 0.3) is 0 Å². The van der Waals surface area contributed by atoms with Crippen LogP contribution in [0.4, 0.5) is 0 Å². The van der Waals surface area contributed by atoms with E-state index in [2.05, 4.69) is 36.6 Å². The number of aliphatic hydroxyl groups is 1. The van der Waals surface area contributed by atoms with E-state index < -0.39 is 11.6 Å². The van der Waals surface area contributed by atoms with E-state index in [1.165, 1.54) is 5.57 Å². The van der Waals surface area contributed by atoms with Gasteiger partial charge in [-0.3, -0.25) is 4.79 Å². The van der Waals surface area contributed by atoms with Crippen molar-refractivity contribution in [3.8, 4) is 11.8 Å². The van der Waals surface area contributed by atoms with Gasteiger partial charge in [-0.2, -0.15) is 0 Å². The van der Waals surface area contributed by atoms with E-state index >= 15 is 0 Å². The first kappa shape index (κ1) is 22.1. The van der Waals surface area contributed by atoms with Crippen LogP contribution in [0.2, 0.25) is 0 Å². The first-order valence-corrected chi connectivity index (χ1v) is 11.7. The maximum absolute atomic E-state index is 11.9. The summed E-state index contributed by atoms with van der Waals surface area (Å²) in [6.07, 6.45) is 8.79. The van der Waals surface area contributed by atoms with Gasteiger partial charge in [0.05, 0.1) is 11.3 Å². The maximum atomic E-state index is 11.9. The highest BCUT2D eigenvalue weighted by Gasteiger charge is 2.65. The van der Waals surface area contributed by atoms with Crippen molar-refractivity contribution in [2.24, 2.45) is 40.2 Å². The molecule has 5 nitrogen and oxygen atoms in total. The number of carbonyl (C=O) groups is 1. The topological polar surface area (TPSA) is 90.1 Å². The summed E-state index contributed by atoms with van der Waals surface area (Å²) < 4.78 is 0. The summed E-state index contributed by atoms with van der Waals surface area (Å²) in [7, 11) is 0. The van der Waals surface area contributed by atoms with Crippen molar-refractivity contribution in [2.75, 3.05) is 0 Å². The molecule has 4 rings (SSSR count). The van der Waals surface area contributed by atoms with E-state index in [0.717, 1.165) is 44.2 Å². The van der Waals surface area contributed by atoms with E-state index in [1.54, 1.807) is 0 Å². The summed E-state index contributed by atoms with van der Waals surface area (Å²) in [6.45, 7) is 8.28. The lowest BCUT2D eigenvalue weighted by Gasteiger charge is -2.58. The molecule has 5 heteroatoms. The van der Waals surface area contributed by atoms with Gasteiger partial charge in [0.15, 0.2) is 0 Å². The van der Waals surface area contributed by atoms with E-state index in [4.69, 9.17) is 5.11 Å². The lowest BCUT2D eigenvalue weighted by Crippen LogP contribution is -2.56. The number of hydrogen-bond acceptors (Lipinski definition) is 4. The molecule has 7 atom stereocenters. The van der Waals surface area contributed by atoms with Gasteiger partial charge in [-0.25, -0.2) is 0 Å². The molecular formula is C26H35NO4. The Kier molecular flexibility index (Phi) is 5.81. The molecule has 3 saturated carbocycles. The summed E-state index contributed by atoms with van der Waals surface area (Å²) in [4.78, 5) is 11.1. The quantitative estimate of drug-likeness (QED) is 0.261. The number of rotatable bonds is 4. The Bertz CT molecular complexity index is 893. The summed E-state index contributed by atoms with van der Waals surface area (Å²) in [5.41, 5.74) is 1.52. The molecule has 0 aromatic heterocycles. The zero-order valence-electron chi connectivity index (χ0n) is 18.7. The van der Waals surface area contributed by atoms with Crippen LogP contribution in [0.15, 0.2) is 29.0 Å². The second kappa shape index (κ2) is 8.13. The zero-order valence-corrected chi connectivity index (χ0v) is 18.7. The van der Waals surface area contributed by atoms with Gasteiger partial charge in [-0.1, -0.05) is 30.2 Å². The van der Waals surface area contributed by atoms with Crippen LogP contribution in [-0.2, 0) is 4.79 Å². The highest BCUT2D eigenvalue weighted by atomic mass is 16.4. The number of carboxylic acid groups (broad SMARTS) is 1. The number of aliphatic carboxylic acids is 1. The minimum atomic E-state index is -1.02. The molecule has 4 aliphatic carbocycles. The Balaban J connectivity index is 1.68. The number of oxime groups is 1. The molecule has 168 valence electrons. The summed E-state index contributed by atoms with van der Waals surface area (Å²) >= 11 is 0. The Morgan fingerprint density at radius 1 is 1.29 bits per heavy atom. The Hall–Kier alpha value is -2.06. The highest BCUT2D eigenvalue weighted by Crippen LogP contribution is 2.67. The van der Waals surface area contributed by atoms with Gasteiger partial charge < -0.3 is 15.4 Å². The predicted molar refractivity (Wildman–Crippen MR) is 120 cm³/mol. The molecule has 0 radical (unpaired) electrons. The molecule has 0 aliphatic heterocycles. The van der Waals surface area contributed by atoms with Crippen molar-refractivity contribution in [1.82, 2.24) is 0 Å². The molecule has 3 fully saturated rings. The molecule has 0 spiro atoms. The smallest absolute Gasteiger partial charge is 0.303 e. The lowest BCUT2D eigenvalue weighted by atomic mass is 9.47. The average Bonchev–Trinajstić information content (AvgIpc) is 3.03. The first-order chi connectivity index (χ1) is 14.7. The molecule has 0 aromatic carbocycles. The van der Waals surface area contributed by atoms with Crippen LogP contribution in [0, 0.1) is 46.8 Å². The highest BCUT2D eigenvalue weighted by molar-refractivity contribution is 5.96. The largest absolute Gasteiger partial charge is 0.481 e. The second-order valence-electron chi connectivity index (χ2n) is 10.4. The fourth-order valence-corrected chi connectivity index (χ4v) is 7.78. The number of fused-ring (bicyclic) bond motifs is 5. The third kappa shape index (κ3) is 3.44. The van der Waals surface area contributed by atoms with Crippen molar-refractivity contribution in [3.05, 3.63) is 23.8 Å². The molecule has 0 amide bonds. The van der Waals surface area contributed by atoms with Crippen LogP contribution >= 0.6 is 0 Å². The summed E-state index contributed by atoms with van der Waals surface area (Å²) in [6, 6.07) is 0. The molecule has 3 N–H and O–H groups in total. The summed E-state index contributed by atoms with van der Waals surface area (Å²) in [5.74, 6) is 7.88. The maximum Gasteiger partial charge on any atom is 0.303 e. The van der Waals surface area contributed by atoms with Gasteiger partial charge in [0.2, 0.25) is 0 Å². The van der Waals surface area contributed by atoms with Gasteiger partial charge in [0.25, 0.3) is 0 Å². The van der Waals surface area contributed by atoms with Crippen molar-refractivity contribution in [1.29, 1.82) is 0 Å². The standard InChI is InChI=1S/C26H35NO4/c1-4-5-18-15-25(3)22(12-13-26(25,30)16(2)6-11-23(28)29)21-9-7-17-14-19(27-31)8-10-20(17)24(18)21/h14,18,20-22,24,30-31H,2,6-13,15H2,1,3H3,(H,28,29)/t18-,20-,21-,22-,24+,25-,26+/m0/s1.